The highest BCUT2D eigenvalue weighted by Gasteiger charge is 2.20. The van der Waals surface area contributed by atoms with Gasteiger partial charge >= 0.3 is 0 Å². The molecule has 6 heteroatoms. The lowest BCUT2D eigenvalue weighted by Crippen LogP contribution is -2.29. The quantitative estimate of drug-likeness (QED) is 0.529. The third-order valence-corrected chi connectivity index (χ3v) is 5.71. The monoisotopic (exact) mass is 384 g/mol. The molecule has 0 spiro atoms. The summed E-state index contributed by atoms with van der Waals surface area (Å²) in [6.07, 6.45) is 1.11. The highest BCUT2D eigenvalue weighted by Crippen LogP contribution is 2.29. The van der Waals surface area contributed by atoms with Gasteiger partial charge in [-0.3, -0.25) is 4.79 Å². The zero-order valence-corrected chi connectivity index (χ0v) is 16.7. The van der Waals surface area contributed by atoms with Crippen molar-refractivity contribution in [2.45, 2.75) is 25.8 Å². The van der Waals surface area contributed by atoms with E-state index in [2.05, 4.69) is 11.1 Å². The lowest BCUT2D eigenvalue weighted by molar-refractivity contribution is -0.132. The molecular formula is C21H24N2O3S. The molecule has 5 nitrogen and oxygen atoms in total. The maximum atomic E-state index is 12.5. The molecule has 0 fully saturated rings. The third-order valence-electron chi connectivity index (χ3n) is 4.51. The molecule has 1 atom stereocenters. The molecule has 1 aromatic heterocycles. The van der Waals surface area contributed by atoms with E-state index in [9.17, 15) is 4.79 Å². The molecule has 0 saturated carbocycles. The van der Waals surface area contributed by atoms with Crippen LogP contribution in [-0.2, 0) is 4.79 Å². The van der Waals surface area contributed by atoms with E-state index in [1.165, 1.54) is 0 Å². The van der Waals surface area contributed by atoms with Crippen LogP contribution in [0.3, 0.4) is 0 Å². The Hall–Kier alpha value is -2.60. The summed E-state index contributed by atoms with van der Waals surface area (Å²) in [4.78, 5) is 18.9. The summed E-state index contributed by atoms with van der Waals surface area (Å²) in [6, 6.07) is 15.4. The van der Waals surface area contributed by atoms with Gasteiger partial charge in [-0.2, -0.15) is 0 Å². The number of nitrogens with zero attached hydrogens (tertiary/aromatic N) is 2. The van der Waals surface area contributed by atoms with Crippen molar-refractivity contribution >= 4 is 27.5 Å². The zero-order valence-electron chi connectivity index (χ0n) is 15.8. The highest BCUT2D eigenvalue weighted by molar-refractivity contribution is 7.18. The van der Waals surface area contributed by atoms with Crippen LogP contribution in [0.1, 0.15) is 30.8 Å². The number of fused-ring (bicyclic) bond motifs is 1. The highest BCUT2D eigenvalue weighted by atomic mass is 32.1. The summed E-state index contributed by atoms with van der Waals surface area (Å²) in [5.41, 5.74) is 0.984. The number of carbonyl (C=O) groups is 1. The molecule has 3 rings (SSSR count). The molecule has 1 heterocycles. The molecule has 0 N–H and O–H groups in total. The van der Waals surface area contributed by atoms with Crippen LogP contribution < -0.4 is 9.47 Å². The maximum absolute atomic E-state index is 12.5. The Bertz CT molecular complexity index is 859. The summed E-state index contributed by atoms with van der Waals surface area (Å²) in [7, 11) is 3.47. The summed E-state index contributed by atoms with van der Waals surface area (Å²) < 4.78 is 12.0. The Labute approximate surface area is 163 Å². The zero-order chi connectivity index (χ0) is 19.2. The van der Waals surface area contributed by atoms with Gasteiger partial charge < -0.3 is 14.4 Å². The van der Waals surface area contributed by atoms with Crippen molar-refractivity contribution in [3.8, 4) is 11.5 Å². The average Bonchev–Trinajstić information content (AvgIpc) is 3.14. The number of ether oxygens (including phenoxy) is 2. The van der Waals surface area contributed by atoms with Crippen molar-refractivity contribution in [3.63, 3.8) is 0 Å². The largest absolute Gasteiger partial charge is 0.497 e. The van der Waals surface area contributed by atoms with Crippen molar-refractivity contribution < 1.29 is 14.3 Å². The van der Waals surface area contributed by atoms with Gasteiger partial charge in [0.05, 0.1) is 30.0 Å². The number of hydrogen-bond donors (Lipinski definition) is 0. The minimum Gasteiger partial charge on any atom is -0.497 e. The Morgan fingerprint density at radius 3 is 2.56 bits per heavy atom. The molecular weight excluding hydrogens is 360 g/mol. The van der Waals surface area contributed by atoms with E-state index in [1.54, 1.807) is 23.3 Å². The Balaban J connectivity index is 1.47. The van der Waals surface area contributed by atoms with Gasteiger partial charge in [-0.05, 0) is 49.7 Å². The van der Waals surface area contributed by atoms with Gasteiger partial charge in [-0.1, -0.05) is 12.1 Å². The Kier molecular flexibility index (Phi) is 6.29. The fourth-order valence-corrected chi connectivity index (χ4v) is 3.77. The number of para-hydroxylation sites is 1. The van der Waals surface area contributed by atoms with Crippen LogP contribution in [0.25, 0.3) is 10.2 Å². The van der Waals surface area contributed by atoms with Gasteiger partial charge in [0.25, 0.3) is 0 Å². The normalized spacial score (nSPS) is 12.0. The maximum Gasteiger partial charge on any atom is 0.223 e. The van der Waals surface area contributed by atoms with Crippen LogP contribution >= 0.6 is 11.3 Å². The third kappa shape index (κ3) is 4.77. The number of thiazole rings is 1. The van der Waals surface area contributed by atoms with Crippen LogP contribution in [0.4, 0.5) is 0 Å². The number of carbonyl (C=O) groups excluding carboxylic acids is 1. The fraction of sp³-hybridized carbons (Fsp3) is 0.333. The number of benzene rings is 2. The van der Waals surface area contributed by atoms with E-state index < -0.39 is 0 Å². The molecule has 0 saturated heterocycles. The Morgan fingerprint density at radius 1 is 1.15 bits per heavy atom. The molecule has 0 bridgehead atoms. The van der Waals surface area contributed by atoms with Crippen molar-refractivity contribution in [1.29, 1.82) is 0 Å². The fourth-order valence-electron chi connectivity index (χ4n) is 2.71. The van der Waals surface area contributed by atoms with E-state index in [1.807, 2.05) is 56.4 Å². The second kappa shape index (κ2) is 8.86. The SMILES string of the molecule is COc1ccc(OCCCC(=O)N(C)[C@H](C)c2nc3ccccc3s2)cc1. The number of aromatic nitrogens is 1. The molecule has 1 amide bonds. The van der Waals surface area contributed by atoms with Crippen LogP contribution in [0.5, 0.6) is 11.5 Å². The van der Waals surface area contributed by atoms with Crippen LogP contribution in [0, 0.1) is 0 Å². The second-order valence-corrected chi connectivity index (χ2v) is 7.39. The molecule has 0 unspecified atom stereocenters. The lowest BCUT2D eigenvalue weighted by Gasteiger charge is -2.23. The van der Waals surface area contributed by atoms with E-state index in [4.69, 9.17) is 9.47 Å². The second-order valence-electron chi connectivity index (χ2n) is 6.33. The first kappa shape index (κ1) is 19.2. The first-order chi connectivity index (χ1) is 13.1. The molecule has 0 aliphatic heterocycles. The van der Waals surface area contributed by atoms with Crippen LogP contribution in [0.2, 0.25) is 0 Å². The molecule has 0 aliphatic carbocycles. The smallest absolute Gasteiger partial charge is 0.223 e. The standard InChI is InChI=1S/C21H24N2O3S/c1-15(21-22-18-7-4-5-8-19(18)27-21)23(2)20(24)9-6-14-26-17-12-10-16(25-3)11-13-17/h4-5,7-8,10-13,15H,6,9,14H2,1-3H3/t15-/m1/s1. The molecule has 27 heavy (non-hydrogen) atoms. The lowest BCUT2D eigenvalue weighted by atomic mass is 10.2. The van der Waals surface area contributed by atoms with Gasteiger partial charge in [0.15, 0.2) is 0 Å². The van der Waals surface area contributed by atoms with E-state index in [0.29, 0.717) is 19.4 Å². The summed E-state index contributed by atoms with van der Waals surface area (Å²) in [6.45, 7) is 2.52. The molecule has 0 radical (unpaired) electrons. The molecule has 2 aromatic carbocycles. The van der Waals surface area contributed by atoms with Gasteiger partial charge in [0, 0.05) is 13.5 Å². The van der Waals surface area contributed by atoms with E-state index in [-0.39, 0.29) is 11.9 Å². The Morgan fingerprint density at radius 2 is 1.85 bits per heavy atom. The van der Waals surface area contributed by atoms with Gasteiger partial charge in [-0.15, -0.1) is 11.3 Å². The van der Waals surface area contributed by atoms with E-state index in [0.717, 1.165) is 26.7 Å². The van der Waals surface area contributed by atoms with Gasteiger partial charge in [0.2, 0.25) is 5.91 Å². The minimum atomic E-state index is -0.0441. The van der Waals surface area contributed by atoms with Crippen LogP contribution in [-0.4, -0.2) is 36.6 Å². The van der Waals surface area contributed by atoms with Crippen molar-refractivity contribution in [1.82, 2.24) is 9.88 Å². The number of rotatable bonds is 8. The van der Waals surface area contributed by atoms with Gasteiger partial charge in [0.1, 0.15) is 16.5 Å². The number of amides is 1. The number of hydrogen-bond acceptors (Lipinski definition) is 5. The topological polar surface area (TPSA) is 51.7 Å². The van der Waals surface area contributed by atoms with Crippen molar-refractivity contribution in [2.24, 2.45) is 0 Å². The predicted octanol–water partition coefficient (Wildman–Crippen LogP) is 4.68. The molecule has 0 aliphatic rings. The van der Waals surface area contributed by atoms with Crippen molar-refractivity contribution in [2.75, 3.05) is 20.8 Å². The summed E-state index contributed by atoms with van der Waals surface area (Å²) in [5, 5.41) is 0.960. The first-order valence-corrected chi connectivity index (χ1v) is 9.78. The summed E-state index contributed by atoms with van der Waals surface area (Å²) in [5.74, 6) is 1.67. The predicted molar refractivity (Wildman–Crippen MR) is 109 cm³/mol. The minimum absolute atomic E-state index is 0.0441. The van der Waals surface area contributed by atoms with Gasteiger partial charge in [-0.25, -0.2) is 4.98 Å². The van der Waals surface area contributed by atoms with E-state index >= 15 is 0 Å². The molecule has 3 aromatic rings. The summed E-state index contributed by atoms with van der Waals surface area (Å²) >= 11 is 1.64. The van der Waals surface area contributed by atoms with Crippen molar-refractivity contribution in [3.05, 3.63) is 53.5 Å². The van der Waals surface area contributed by atoms with Crippen LogP contribution in [0.15, 0.2) is 48.5 Å². The number of methoxy groups -OCH3 is 1. The molecule has 142 valence electrons. The first-order valence-electron chi connectivity index (χ1n) is 8.96. The average molecular weight is 385 g/mol.